The highest BCUT2D eigenvalue weighted by molar-refractivity contribution is 5.52. The molecule has 2 aromatic rings. The van der Waals surface area contributed by atoms with E-state index in [-0.39, 0.29) is 11.9 Å². The minimum atomic E-state index is -0.306. The van der Waals surface area contributed by atoms with Gasteiger partial charge in [-0.2, -0.15) is 0 Å². The van der Waals surface area contributed by atoms with Crippen LogP contribution >= 0.6 is 0 Å². The molecule has 0 spiro atoms. The smallest absolute Gasteiger partial charge is 0.226 e. The van der Waals surface area contributed by atoms with E-state index in [1.54, 1.807) is 18.4 Å². The SMILES string of the molecule is OC1CCN(Cc2coc(-c3cccc(F)c3)n2)C1. The molecule has 0 aliphatic carbocycles. The van der Waals surface area contributed by atoms with E-state index in [9.17, 15) is 9.50 Å². The molecule has 1 N–H and O–H groups in total. The molecule has 0 radical (unpaired) electrons. The fourth-order valence-electron chi connectivity index (χ4n) is 2.32. The molecule has 100 valence electrons. The number of oxazole rings is 1. The number of hydrogen-bond donors (Lipinski definition) is 1. The van der Waals surface area contributed by atoms with Gasteiger partial charge in [0.25, 0.3) is 0 Å². The Kier molecular flexibility index (Phi) is 3.31. The Hall–Kier alpha value is -1.72. The van der Waals surface area contributed by atoms with Gasteiger partial charge in [-0.1, -0.05) is 6.07 Å². The van der Waals surface area contributed by atoms with Crippen LogP contribution in [-0.2, 0) is 6.54 Å². The van der Waals surface area contributed by atoms with Crippen molar-refractivity contribution in [3.8, 4) is 11.5 Å². The molecule has 1 aromatic carbocycles. The first-order valence-electron chi connectivity index (χ1n) is 6.31. The summed E-state index contributed by atoms with van der Waals surface area (Å²) in [5.41, 5.74) is 1.43. The summed E-state index contributed by atoms with van der Waals surface area (Å²) in [7, 11) is 0. The van der Waals surface area contributed by atoms with Gasteiger partial charge in [0.2, 0.25) is 5.89 Å². The molecule has 2 heterocycles. The molecular weight excluding hydrogens is 247 g/mol. The average Bonchev–Trinajstić information content (AvgIpc) is 2.99. The third kappa shape index (κ3) is 2.83. The van der Waals surface area contributed by atoms with Crippen LogP contribution < -0.4 is 0 Å². The lowest BCUT2D eigenvalue weighted by Crippen LogP contribution is -2.21. The largest absolute Gasteiger partial charge is 0.444 e. The lowest BCUT2D eigenvalue weighted by molar-refractivity contribution is 0.174. The van der Waals surface area contributed by atoms with Crippen molar-refractivity contribution in [2.24, 2.45) is 0 Å². The molecule has 1 atom stereocenters. The quantitative estimate of drug-likeness (QED) is 0.919. The number of aromatic nitrogens is 1. The summed E-state index contributed by atoms with van der Waals surface area (Å²) in [6.45, 7) is 2.18. The van der Waals surface area contributed by atoms with E-state index in [1.165, 1.54) is 12.1 Å². The third-order valence-corrected chi connectivity index (χ3v) is 3.26. The Balaban J connectivity index is 1.73. The van der Waals surface area contributed by atoms with Gasteiger partial charge in [0.1, 0.15) is 12.1 Å². The van der Waals surface area contributed by atoms with Gasteiger partial charge in [-0.25, -0.2) is 9.37 Å². The molecule has 0 amide bonds. The Morgan fingerprint density at radius 1 is 1.47 bits per heavy atom. The van der Waals surface area contributed by atoms with Gasteiger partial charge in [-0.15, -0.1) is 0 Å². The summed E-state index contributed by atoms with van der Waals surface area (Å²) in [5, 5.41) is 9.46. The van der Waals surface area contributed by atoms with Crippen LogP contribution in [0.15, 0.2) is 34.9 Å². The molecule has 5 heteroatoms. The van der Waals surface area contributed by atoms with Gasteiger partial charge in [-0.3, -0.25) is 4.90 Å². The fraction of sp³-hybridized carbons (Fsp3) is 0.357. The van der Waals surface area contributed by atoms with Crippen molar-refractivity contribution in [3.05, 3.63) is 42.0 Å². The number of aliphatic hydroxyl groups excluding tert-OH is 1. The number of benzene rings is 1. The van der Waals surface area contributed by atoms with Gasteiger partial charge in [0, 0.05) is 25.2 Å². The van der Waals surface area contributed by atoms with E-state index in [0.29, 0.717) is 24.5 Å². The zero-order valence-corrected chi connectivity index (χ0v) is 10.4. The van der Waals surface area contributed by atoms with Gasteiger partial charge < -0.3 is 9.52 Å². The molecule has 0 saturated carbocycles. The van der Waals surface area contributed by atoms with Gasteiger partial charge in [0.05, 0.1) is 11.8 Å². The molecule has 1 unspecified atom stereocenters. The van der Waals surface area contributed by atoms with Crippen LogP contribution in [0.5, 0.6) is 0 Å². The lowest BCUT2D eigenvalue weighted by Gasteiger charge is -2.11. The molecule has 4 nitrogen and oxygen atoms in total. The van der Waals surface area contributed by atoms with E-state index in [4.69, 9.17) is 4.42 Å². The molecule has 1 fully saturated rings. The lowest BCUT2D eigenvalue weighted by atomic mass is 10.2. The van der Waals surface area contributed by atoms with Crippen molar-refractivity contribution in [1.29, 1.82) is 0 Å². The molecule has 1 saturated heterocycles. The van der Waals surface area contributed by atoms with E-state index < -0.39 is 0 Å². The number of aliphatic hydroxyl groups is 1. The van der Waals surface area contributed by atoms with Crippen LogP contribution in [0.4, 0.5) is 4.39 Å². The van der Waals surface area contributed by atoms with Crippen molar-refractivity contribution in [2.45, 2.75) is 19.1 Å². The minimum absolute atomic E-state index is 0.241. The number of β-amino-alcohol motifs (C(OH)–C–C–N with tert-alkyl or cyclic N) is 1. The normalized spacial score (nSPS) is 20.0. The highest BCUT2D eigenvalue weighted by Crippen LogP contribution is 2.21. The number of rotatable bonds is 3. The molecular formula is C14H15FN2O2. The van der Waals surface area contributed by atoms with Gasteiger partial charge in [0.15, 0.2) is 0 Å². The van der Waals surface area contributed by atoms with Crippen molar-refractivity contribution in [2.75, 3.05) is 13.1 Å². The summed E-state index contributed by atoms with van der Waals surface area (Å²) in [5.74, 6) is 0.120. The molecule has 0 bridgehead atoms. The molecule has 1 aliphatic heterocycles. The van der Waals surface area contributed by atoms with Crippen LogP contribution in [0.2, 0.25) is 0 Å². The van der Waals surface area contributed by atoms with Crippen LogP contribution in [0.3, 0.4) is 0 Å². The Morgan fingerprint density at radius 2 is 2.37 bits per heavy atom. The Labute approximate surface area is 110 Å². The minimum Gasteiger partial charge on any atom is -0.444 e. The van der Waals surface area contributed by atoms with Crippen molar-refractivity contribution < 1.29 is 13.9 Å². The summed E-state index contributed by atoms with van der Waals surface area (Å²) >= 11 is 0. The van der Waals surface area contributed by atoms with Crippen molar-refractivity contribution in [1.82, 2.24) is 9.88 Å². The highest BCUT2D eigenvalue weighted by atomic mass is 19.1. The van der Waals surface area contributed by atoms with E-state index in [0.717, 1.165) is 18.7 Å². The van der Waals surface area contributed by atoms with Crippen LogP contribution in [0, 0.1) is 5.82 Å². The third-order valence-electron chi connectivity index (χ3n) is 3.26. The maximum absolute atomic E-state index is 13.1. The summed E-state index contributed by atoms with van der Waals surface area (Å²) in [6, 6.07) is 6.18. The van der Waals surface area contributed by atoms with Gasteiger partial charge in [-0.05, 0) is 24.6 Å². The first-order valence-corrected chi connectivity index (χ1v) is 6.31. The highest BCUT2D eigenvalue weighted by Gasteiger charge is 2.21. The number of hydrogen-bond acceptors (Lipinski definition) is 4. The fourth-order valence-corrected chi connectivity index (χ4v) is 2.32. The summed E-state index contributed by atoms with van der Waals surface area (Å²) < 4.78 is 18.5. The van der Waals surface area contributed by atoms with Crippen molar-refractivity contribution in [3.63, 3.8) is 0 Å². The summed E-state index contributed by atoms with van der Waals surface area (Å²) in [4.78, 5) is 6.48. The molecule has 1 aromatic heterocycles. The first kappa shape index (κ1) is 12.3. The maximum Gasteiger partial charge on any atom is 0.226 e. The average molecular weight is 262 g/mol. The van der Waals surface area contributed by atoms with Gasteiger partial charge >= 0.3 is 0 Å². The molecule has 1 aliphatic rings. The maximum atomic E-state index is 13.1. The Morgan fingerprint density at radius 3 is 3.11 bits per heavy atom. The molecule has 19 heavy (non-hydrogen) atoms. The number of nitrogens with zero attached hydrogens (tertiary/aromatic N) is 2. The first-order chi connectivity index (χ1) is 9.20. The van der Waals surface area contributed by atoms with Crippen LogP contribution in [-0.4, -0.2) is 34.2 Å². The Bertz CT molecular complexity index is 570. The van der Waals surface area contributed by atoms with Crippen LogP contribution in [0.25, 0.3) is 11.5 Å². The topological polar surface area (TPSA) is 49.5 Å². The molecule has 3 rings (SSSR count). The predicted octanol–water partition coefficient (Wildman–Crippen LogP) is 2.05. The van der Waals surface area contributed by atoms with E-state index in [1.807, 2.05) is 0 Å². The predicted molar refractivity (Wildman–Crippen MR) is 67.8 cm³/mol. The number of likely N-dealkylation sites (tertiary alicyclic amines) is 1. The zero-order valence-electron chi connectivity index (χ0n) is 10.4. The number of halogens is 1. The van der Waals surface area contributed by atoms with E-state index >= 15 is 0 Å². The summed E-state index contributed by atoms with van der Waals surface area (Å²) in [6.07, 6.45) is 2.15. The second-order valence-corrected chi connectivity index (χ2v) is 4.83. The zero-order chi connectivity index (χ0) is 13.2. The van der Waals surface area contributed by atoms with Crippen LogP contribution in [0.1, 0.15) is 12.1 Å². The second kappa shape index (κ2) is 5.11. The monoisotopic (exact) mass is 262 g/mol. The van der Waals surface area contributed by atoms with E-state index in [2.05, 4.69) is 9.88 Å². The second-order valence-electron chi connectivity index (χ2n) is 4.83. The van der Waals surface area contributed by atoms with Crippen molar-refractivity contribution >= 4 is 0 Å². The standard InChI is InChI=1S/C14H15FN2O2/c15-11-3-1-2-10(6-11)14-16-12(9-19-14)7-17-5-4-13(18)8-17/h1-3,6,9,13,18H,4-5,7-8H2.